The van der Waals surface area contributed by atoms with Gasteiger partial charge in [-0.05, 0) is 24.3 Å². The average Bonchev–Trinajstić information content (AvgIpc) is 2.48. The Bertz CT molecular complexity index is 447. The van der Waals surface area contributed by atoms with E-state index < -0.39 is 0 Å². The van der Waals surface area contributed by atoms with E-state index in [0.717, 1.165) is 31.7 Å². The molecule has 1 aromatic rings. The summed E-state index contributed by atoms with van der Waals surface area (Å²) in [7, 11) is 0. The van der Waals surface area contributed by atoms with Crippen LogP contribution in [0.4, 0.5) is 0 Å². The summed E-state index contributed by atoms with van der Waals surface area (Å²) in [6.07, 6.45) is 1.86. The van der Waals surface area contributed by atoms with Gasteiger partial charge in [0.1, 0.15) is 0 Å². The number of carbonyl (C=O) groups is 1. The van der Waals surface area contributed by atoms with Crippen molar-refractivity contribution >= 4 is 30.1 Å². The summed E-state index contributed by atoms with van der Waals surface area (Å²) < 4.78 is 0. The maximum Gasteiger partial charge on any atom is 0.235 e. The molecule has 1 aliphatic rings. The molecule has 124 valence electrons. The van der Waals surface area contributed by atoms with Crippen LogP contribution in [0.2, 0.25) is 0 Å². The molecule has 1 amide bonds. The number of rotatable bonds is 5. The Hall–Kier alpha value is -0.710. The van der Waals surface area contributed by atoms with Crippen LogP contribution < -0.4 is 5.73 Å². The molecule has 0 saturated carbocycles. The minimum atomic E-state index is 0. The number of nitrogens with zero attached hydrogens (tertiary/aromatic N) is 1. The lowest BCUT2D eigenvalue weighted by atomic mass is 10.0. The summed E-state index contributed by atoms with van der Waals surface area (Å²) in [6.45, 7) is 5.90. The van der Waals surface area contributed by atoms with Crippen molar-refractivity contribution in [3.8, 4) is 0 Å². The molecule has 3 nitrogen and oxygen atoms in total. The van der Waals surface area contributed by atoms with Gasteiger partial charge < -0.3 is 10.6 Å². The highest BCUT2D eigenvalue weighted by Crippen LogP contribution is 2.26. The maximum atomic E-state index is 12.7. The van der Waals surface area contributed by atoms with Crippen LogP contribution in [-0.4, -0.2) is 35.2 Å². The van der Waals surface area contributed by atoms with E-state index in [1.54, 1.807) is 11.8 Å². The number of halogens is 1. The minimum Gasteiger partial charge on any atom is -0.342 e. The van der Waals surface area contributed by atoms with Crippen molar-refractivity contribution in [1.82, 2.24) is 4.90 Å². The van der Waals surface area contributed by atoms with E-state index in [0.29, 0.717) is 5.92 Å². The number of thioether (sulfide) groups is 1. The minimum absolute atomic E-state index is 0. The molecule has 0 aliphatic carbocycles. The van der Waals surface area contributed by atoms with Gasteiger partial charge in [-0.1, -0.05) is 44.2 Å². The summed E-state index contributed by atoms with van der Waals surface area (Å²) in [5.74, 6) is 1.53. The Morgan fingerprint density at radius 3 is 2.41 bits per heavy atom. The average molecular weight is 343 g/mol. The largest absolute Gasteiger partial charge is 0.342 e. The van der Waals surface area contributed by atoms with Crippen molar-refractivity contribution in [2.75, 3.05) is 13.1 Å². The molecule has 2 rings (SSSR count). The first-order chi connectivity index (χ1) is 10.1. The van der Waals surface area contributed by atoms with Crippen LogP contribution in [0.1, 0.15) is 32.3 Å². The second kappa shape index (κ2) is 9.43. The quantitative estimate of drug-likeness (QED) is 0.892. The number of hydrogen-bond donors (Lipinski definition) is 1. The molecule has 22 heavy (non-hydrogen) atoms. The van der Waals surface area contributed by atoms with Crippen LogP contribution in [0.15, 0.2) is 30.3 Å². The first-order valence-corrected chi connectivity index (χ1v) is 8.82. The molecule has 0 spiro atoms. The van der Waals surface area contributed by atoms with E-state index in [9.17, 15) is 4.79 Å². The van der Waals surface area contributed by atoms with Gasteiger partial charge >= 0.3 is 0 Å². The topological polar surface area (TPSA) is 46.3 Å². The molecule has 5 heteroatoms. The fraction of sp³-hybridized carbons (Fsp3) is 0.588. The van der Waals surface area contributed by atoms with Gasteiger partial charge in [-0.2, -0.15) is 0 Å². The van der Waals surface area contributed by atoms with Gasteiger partial charge in [-0.3, -0.25) is 4.79 Å². The fourth-order valence-electron chi connectivity index (χ4n) is 2.61. The van der Waals surface area contributed by atoms with Gasteiger partial charge in [-0.15, -0.1) is 24.2 Å². The van der Waals surface area contributed by atoms with Crippen molar-refractivity contribution in [3.05, 3.63) is 35.9 Å². The molecule has 0 aromatic heterocycles. The molecule has 1 fully saturated rings. The van der Waals surface area contributed by atoms with Crippen molar-refractivity contribution in [2.24, 2.45) is 11.7 Å². The Balaban J connectivity index is 0.00000242. The zero-order valence-corrected chi connectivity index (χ0v) is 15.0. The van der Waals surface area contributed by atoms with Crippen LogP contribution in [0, 0.1) is 5.92 Å². The van der Waals surface area contributed by atoms with Crippen LogP contribution in [0.5, 0.6) is 0 Å². The molecule has 1 atom stereocenters. The summed E-state index contributed by atoms with van der Waals surface area (Å²) in [6, 6.07) is 10.6. The third-order valence-electron chi connectivity index (χ3n) is 3.97. The van der Waals surface area contributed by atoms with Crippen molar-refractivity contribution in [1.29, 1.82) is 0 Å². The van der Waals surface area contributed by atoms with Crippen LogP contribution >= 0.6 is 24.2 Å². The SMILES string of the molecule is CC(C)C(SCc1ccccc1)C(=O)N1CCC(N)CC1.Cl. The number of benzene rings is 1. The number of amides is 1. The molecular weight excluding hydrogens is 316 g/mol. The van der Waals surface area contributed by atoms with Crippen molar-refractivity contribution < 1.29 is 4.79 Å². The molecule has 2 N–H and O–H groups in total. The molecule has 1 saturated heterocycles. The third-order valence-corrected chi connectivity index (χ3v) is 5.58. The van der Waals surface area contributed by atoms with Gasteiger partial charge in [0.25, 0.3) is 0 Å². The van der Waals surface area contributed by atoms with Crippen LogP contribution in [0.3, 0.4) is 0 Å². The van der Waals surface area contributed by atoms with E-state index in [1.165, 1.54) is 5.56 Å². The molecule has 1 heterocycles. The summed E-state index contributed by atoms with van der Waals surface area (Å²) >= 11 is 1.76. The fourth-order valence-corrected chi connectivity index (χ4v) is 3.85. The number of hydrogen-bond acceptors (Lipinski definition) is 3. The lowest BCUT2D eigenvalue weighted by Crippen LogP contribution is -2.47. The highest BCUT2D eigenvalue weighted by atomic mass is 35.5. The number of piperidine rings is 1. The van der Waals surface area contributed by atoms with Gasteiger partial charge in [0.05, 0.1) is 5.25 Å². The third kappa shape index (κ3) is 5.49. The smallest absolute Gasteiger partial charge is 0.235 e. The Kier molecular flexibility index (Phi) is 8.29. The molecule has 0 bridgehead atoms. The zero-order chi connectivity index (χ0) is 15.2. The van der Waals surface area contributed by atoms with E-state index in [2.05, 4.69) is 26.0 Å². The number of nitrogens with two attached hydrogens (primary N) is 1. The summed E-state index contributed by atoms with van der Waals surface area (Å²) in [5.41, 5.74) is 7.20. The maximum absolute atomic E-state index is 12.7. The van der Waals surface area contributed by atoms with E-state index in [1.807, 2.05) is 23.1 Å². The highest BCUT2D eigenvalue weighted by Gasteiger charge is 2.29. The second-order valence-electron chi connectivity index (χ2n) is 6.12. The van der Waals surface area contributed by atoms with Gasteiger partial charge in [-0.25, -0.2) is 0 Å². The number of likely N-dealkylation sites (tertiary alicyclic amines) is 1. The number of carbonyl (C=O) groups excluding carboxylic acids is 1. The van der Waals surface area contributed by atoms with Crippen LogP contribution in [0.25, 0.3) is 0 Å². The lowest BCUT2D eigenvalue weighted by Gasteiger charge is -2.34. The molecule has 1 unspecified atom stereocenters. The Morgan fingerprint density at radius 1 is 1.27 bits per heavy atom. The Morgan fingerprint density at radius 2 is 1.86 bits per heavy atom. The normalized spacial score (nSPS) is 17.2. The van der Waals surface area contributed by atoms with Crippen molar-refractivity contribution in [3.63, 3.8) is 0 Å². The standard InChI is InChI=1S/C17H26N2OS.ClH/c1-13(2)16(21-12-14-6-4-3-5-7-14)17(20)19-10-8-15(18)9-11-19;/h3-7,13,15-16H,8-12,18H2,1-2H3;1H. The first kappa shape index (κ1) is 19.3. The van der Waals surface area contributed by atoms with Gasteiger partial charge in [0, 0.05) is 24.9 Å². The Labute approximate surface area is 144 Å². The van der Waals surface area contributed by atoms with E-state index >= 15 is 0 Å². The lowest BCUT2D eigenvalue weighted by molar-refractivity contribution is -0.132. The molecule has 0 radical (unpaired) electrons. The summed E-state index contributed by atoms with van der Waals surface area (Å²) in [4.78, 5) is 14.7. The van der Waals surface area contributed by atoms with E-state index in [-0.39, 0.29) is 29.6 Å². The van der Waals surface area contributed by atoms with Crippen LogP contribution in [-0.2, 0) is 10.5 Å². The first-order valence-electron chi connectivity index (χ1n) is 7.78. The predicted molar refractivity (Wildman–Crippen MR) is 97.4 cm³/mol. The molecular formula is C17H27ClN2OS. The predicted octanol–water partition coefficient (Wildman–Crippen LogP) is 3.32. The highest BCUT2D eigenvalue weighted by molar-refractivity contribution is 7.99. The molecule has 1 aromatic carbocycles. The summed E-state index contributed by atoms with van der Waals surface area (Å²) in [5, 5.41) is 0.0412. The monoisotopic (exact) mass is 342 g/mol. The van der Waals surface area contributed by atoms with Crippen molar-refractivity contribution in [2.45, 2.75) is 43.7 Å². The molecule has 1 aliphatic heterocycles. The van der Waals surface area contributed by atoms with Gasteiger partial charge in [0.15, 0.2) is 0 Å². The van der Waals surface area contributed by atoms with E-state index in [4.69, 9.17) is 5.73 Å². The zero-order valence-electron chi connectivity index (χ0n) is 13.4. The second-order valence-corrected chi connectivity index (χ2v) is 7.25. The van der Waals surface area contributed by atoms with Gasteiger partial charge in [0.2, 0.25) is 5.91 Å².